The molecule has 45 heavy (non-hydrogen) atoms. The number of likely N-dealkylation sites (tertiary alicyclic amines) is 1. The number of ether oxygens (including phenoxy) is 2. The zero-order chi connectivity index (χ0) is 33.4. The van der Waals surface area contributed by atoms with Crippen molar-refractivity contribution in [2.24, 2.45) is 5.92 Å². The second-order valence-corrected chi connectivity index (χ2v) is 10.2. The molecule has 3 heterocycles. The second-order valence-electron chi connectivity index (χ2n) is 9.78. The van der Waals surface area contributed by atoms with Crippen molar-refractivity contribution >= 4 is 41.4 Å². The minimum atomic E-state index is -1.26. The number of rotatable bonds is 9. The fourth-order valence-corrected chi connectivity index (χ4v) is 4.28. The number of pyridine rings is 1. The molecule has 0 radical (unpaired) electrons. The minimum Gasteiger partial charge on any atom is -0.486 e. The van der Waals surface area contributed by atoms with Crippen molar-refractivity contribution in [1.82, 2.24) is 15.2 Å². The molecule has 0 unspecified atom stereocenters. The number of carbonyl (C=O) groups excluding carboxylic acids is 1. The van der Waals surface area contributed by atoms with Crippen LogP contribution in [0.3, 0.4) is 0 Å². The van der Waals surface area contributed by atoms with Crippen LogP contribution in [0.1, 0.15) is 29.0 Å². The lowest BCUT2D eigenvalue weighted by atomic mass is 9.96. The molecule has 0 bridgehead atoms. The molecule has 5 N–H and O–H groups in total. The van der Waals surface area contributed by atoms with Gasteiger partial charge in [0.1, 0.15) is 18.4 Å². The molecule has 0 aliphatic carbocycles. The average molecular weight is 648 g/mol. The van der Waals surface area contributed by atoms with Gasteiger partial charge in [0.15, 0.2) is 11.5 Å². The predicted molar refractivity (Wildman–Crippen MR) is 161 cm³/mol. The molecule has 1 atom stereocenters. The summed E-state index contributed by atoms with van der Waals surface area (Å²) in [5.41, 5.74) is 1.34. The summed E-state index contributed by atoms with van der Waals surface area (Å²) < 4.78 is 11.9. The molecule has 2 aromatic rings. The first-order chi connectivity index (χ1) is 21.3. The highest BCUT2D eigenvalue weighted by molar-refractivity contribution is 6.30. The number of carboxylic acid groups (broad SMARTS) is 4. The third-order valence-electron chi connectivity index (χ3n) is 6.20. The topological polar surface area (TPSA) is 213 Å². The summed E-state index contributed by atoms with van der Waals surface area (Å²) in [5, 5.41) is 34.9. The van der Waals surface area contributed by atoms with E-state index in [0.29, 0.717) is 54.1 Å². The van der Waals surface area contributed by atoms with Crippen LogP contribution in [0.15, 0.2) is 60.7 Å². The smallest absolute Gasteiger partial charge is 0.328 e. The van der Waals surface area contributed by atoms with Crippen molar-refractivity contribution in [3.63, 3.8) is 0 Å². The van der Waals surface area contributed by atoms with Gasteiger partial charge in [-0.25, -0.2) is 24.2 Å². The molecule has 1 amide bonds. The van der Waals surface area contributed by atoms with E-state index in [4.69, 9.17) is 41.5 Å². The Morgan fingerprint density at radius 1 is 0.911 bits per heavy atom. The van der Waals surface area contributed by atoms with Crippen LogP contribution < -0.4 is 14.8 Å². The Bertz CT molecular complexity index is 1340. The van der Waals surface area contributed by atoms with Gasteiger partial charge in [0.05, 0.1) is 0 Å². The predicted octanol–water partition coefficient (Wildman–Crippen LogP) is 2.75. The van der Waals surface area contributed by atoms with Gasteiger partial charge in [-0.15, -0.1) is 0 Å². The van der Waals surface area contributed by atoms with Gasteiger partial charge in [-0.2, -0.15) is 0 Å². The Morgan fingerprint density at radius 2 is 1.49 bits per heavy atom. The van der Waals surface area contributed by atoms with Crippen molar-refractivity contribution in [3.8, 4) is 11.5 Å². The number of nitrogens with zero attached hydrogens (tertiary/aromatic N) is 2. The minimum absolute atomic E-state index is 0.00427. The van der Waals surface area contributed by atoms with Crippen LogP contribution >= 0.6 is 11.6 Å². The maximum atomic E-state index is 12.3. The van der Waals surface area contributed by atoms with Crippen LogP contribution in [0.25, 0.3) is 0 Å². The van der Waals surface area contributed by atoms with E-state index in [9.17, 15) is 24.0 Å². The molecule has 1 fully saturated rings. The highest BCUT2D eigenvalue weighted by Gasteiger charge is 2.26. The molecule has 0 spiro atoms. The van der Waals surface area contributed by atoms with Gasteiger partial charge in [0.25, 0.3) is 5.91 Å². The quantitative estimate of drug-likeness (QED) is 0.248. The van der Waals surface area contributed by atoms with Crippen molar-refractivity contribution in [1.29, 1.82) is 0 Å². The summed E-state index contributed by atoms with van der Waals surface area (Å²) >= 11 is 6.05. The van der Waals surface area contributed by atoms with Crippen molar-refractivity contribution in [2.45, 2.75) is 25.9 Å². The monoisotopic (exact) mass is 647 g/mol. The maximum Gasteiger partial charge on any atom is 0.328 e. The summed E-state index contributed by atoms with van der Waals surface area (Å²) in [6, 6.07) is 11.0. The molecule has 2 aliphatic rings. The number of aromatic nitrogens is 1. The third-order valence-corrected chi connectivity index (χ3v) is 6.44. The zero-order valence-corrected chi connectivity index (χ0v) is 25.1. The third kappa shape index (κ3) is 14.9. The number of hydrogen-bond donors (Lipinski definition) is 5. The number of nitrogens with one attached hydrogen (secondary N) is 1. The average Bonchev–Trinajstić information content (AvgIpc) is 2.99. The Hall–Kier alpha value is -4.95. The number of carbonyl (C=O) groups is 5. The SMILES string of the molecule is Cc1cccc(C(=O)NCC2CCN(C[C@H]3COc4ccc(Cl)cc4O3)CC2)n1.O=C(O)/C=C/C(=O)O.O=C(O)/C=C/C(=O)O. The van der Waals surface area contributed by atoms with Gasteiger partial charge in [-0.05, 0) is 63.0 Å². The van der Waals surface area contributed by atoms with Gasteiger partial charge in [-0.3, -0.25) is 9.69 Å². The molecule has 1 saturated heterocycles. The lowest BCUT2D eigenvalue weighted by Gasteiger charge is -2.35. The first kappa shape index (κ1) is 36.2. The summed E-state index contributed by atoms with van der Waals surface area (Å²) in [4.78, 5) is 57.2. The molecule has 4 rings (SSSR count). The summed E-state index contributed by atoms with van der Waals surface area (Å²) in [6.45, 7) is 5.95. The normalized spacial score (nSPS) is 16.1. The van der Waals surface area contributed by atoms with E-state index in [1.54, 1.807) is 12.1 Å². The molecule has 1 aromatic heterocycles. The standard InChI is InChI=1S/C22H26ClN3O3.2C4H4O4/c1-15-3-2-4-19(25-15)22(27)24-12-16-7-9-26(10-8-16)13-18-14-28-20-6-5-17(23)11-21(20)29-18;2*5-3(6)1-2-4(7)8/h2-6,11,16,18H,7-10,12-14H2,1H3,(H,24,27);2*1-2H,(H,5,6)(H,7,8)/b;2*2-1+/t18-;;/m0../s1. The van der Waals surface area contributed by atoms with Gasteiger partial charge in [0, 0.05) is 54.2 Å². The van der Waals surface area contributed by atoms with Crippen LogP contribution in [0.5, 0.6) is 11.5 Å². The Balaban J connectivity index is 0.000000365. The van der Waals surface area contributed by atoms with Gasteiger partial charge in [0.2, 0.25) is 0 Å². The first-order valence-corrected chi connectivity index (χ1v) is 14.0. The molecular weight excluding hydrogens is 614 g/mol. The van der Waals surface area contributed by atoms with E-state index >= 15 is 0 Å². The van der Waals surface area contributed by atoms with Crippen molar-refractivity contribution in [3.05, 3.63) is 77.1 Å². The number of aliphatic carboxylic acids is 4. The number of aryl methyl sites for hydroxylation is 1. The largest absolute Gasteiger partial charge is 0.486 e. The van der Waals surface area contributed by atoms with Crippen LogP contribution in [-0.4, -0.2) is 99.0 Å². The number of benzene rings is 1. The lowest BCUT2D eigenvalue weighted by Crippen LogP contribution is -2.45. The fraction of sp³-hybridized carbons (Fsp3) is 0.333. The van der Waals surface area contributed by atoms with E-state index in [0.717, 1.165) is 49.7 Å². The van der Waals surface area contributed by atoms with Crippen LogP contribution in [0, 0.1) is 12.8 Å². The molecule has 1 aromatic carbocycles. The van der Waals surface area contributed by atoms with E-state index in [1.165, 1.54) is 0 Å². The molecule has 14 nitrogen and oxygen atoms in total. The molecule has 2 aliphatic heterocycles. The summed E-state index contributed by atoms with van der Waals surface area (Å²) in [7, 11) is 0. The lowest BCUT2D eigenvalue weighted by molar-refractivity contribution is -0.134. The van der Waals surface area contributed by atoms with Crippen LogP contribution in [-0.2, 0) is 19.2 Å². The highest BCUT2D eigenvalue weighted by Crippen LogP contribution is 2.34. The Morgan fingerprint density at radius 3 is 2.02 bits per heavy atom. The van der Waals surface area contributed by atoms with E-state index in [2.05, 4.69) is 15.2 Å². The zero-order valence-electron chi connectivity index (χ0n) is 24.3. The number of piperidine rings is 1. The number of hydrogen-bond acceptors (Lipinski definition) is 9. The van der Waals surface area contributed by atoms with Crippen LogP contribution in [0.4, 0.5) is 0 Å². The van der Waals surface area contributed by atoms with E-state index in [-0.39, 0.29) is 12.0 Å². The molecule has 242 valence electrons. The summed E-state index contributed by atoms with van der Waals surface area (Å²) in [6.07, 6.45) is 4.34. The summed E-state index contributed by atoms with van der Waals surface area (Å²) in [5.74, 6) is -3.16. The Kier molecular flexibility index (Phi) is 15.0. The second kappa shape index (κ2) is 18.7. The molecular formula is C30H34ClN3O11. The number of fused-ring (bicyclic) bond motifs is 1. The van der Waals surface area contributed by atoms with Gasteiger partial charge < -0.3 is 35.2 Å². The highest BCUT2D eigenvalue weighted by atomic mass is 35.5. The fourth-order valence-electron chi connectivity index (χ4n) is 4.12. The Labute approximate surface area is 263 Å². The van der Waals surface area contributed by atoms with Crippen molar-refractivity contribution in [2.75, 3.05) is 32.8 Å². The molecule has 15 heteroatoms. The number of carboxylic acids is 4. The van der Waals surface area contributed by atoms with Gasteiger partial charge in [-0.1, -0.05) is 17.7 Å². The number of halogens is 1. The van der Waals surface area contributed by atoms with E-state index < -0.39 is 23.9 Å². The van der Waals surface area contributed by atoms with E-state index in [1.807, 2.05) is 31.2 Å². The molecule has 0 saturated carbocycles. The van der Waals surface area contributed by atoms with Crippen molar-refractivity contribution < 1.29 is 53.9 Å². The maximum absolute atomic E-state index is 12.3. The van der Waals surface area contributed by atoms with Crippen LogP contribution in [0.2, 0.25) is 5.02 Å². The first-order valence-electron chi connectivity index (χ1n) is 13.6. The van der Waals surface area contributed by atoms with Gasteiger partial charge >= 0.3 is 23.9 Å². The number of amides is 1.